The summed E-state index contributed by atoms with van der Waals surface area (Å²) in [5, 5.41) is -0.486. The van der Waals surface area contributed by atoms with Crippen molar-refractivity contribution >= 4 is 10.0 Å². The SMILES string of the molecule is COCC1CCN(S(=O)(=O)c2ncccc2F)CC1. The van der Waals surface area contributed by atoms with Crippen LogP contribution in [0.5, 0.6) is 0 Å². The van der Waals surface area contributed by atoms with E-state index in [2.05, 4.69) is 4.98 Å². The van der Waals surface area contributed by atoms with Crippen LogP contribution < -0.4 is 0 Å². The number of halogens is 1. The van der Waals surface area contributed by atoms with Gasteiger partial charge < -0.3 is 4.74 Å². The lowest BCUT2D eigenvalue weighted by Gasteiger charge is -2.30. The molecule has 0 unspecified atom stereocenters. The molecule has 1 aromatic heterocycles. The monoisotopic (exact) mass is 288 g/mol. The van der Waals surface area contributed by atoms with Gasteiger partial charge in [-0.2, -0.15) is 4.31 Å². The molecular formula is C12H17FN2O3S. The number of nitrogens with zero attached hydrogens (tertiary/aromatic N) is 2. The molecule has 7 heteroatoms. The first-order valence-electron chi connectivity index (χ1n) is 6.15. The molecule has 0 N–H and O–H groups in total. The number of hydrogen-bond donors (Lipinski definition) is 0. The van der Waals surface area contributed by atoms with Gasteiger partial charge in [-0.15, -0.1) is 0 Å². The number of pyridine rings is 1. The normalized spacial score (nSPS) is 18.6. The minimum atomic E-state index is -3.82. The Kier molecular flexibility index (Phi) is 4.49. The van der Waals surface area contributed by atoms with E-state index in [1.165, 1.54) is 16.6 Å². The van der Waals surface area contributed by atoms with Crippen molar-refractivity contribution < 1.29 is 17.5 Å². The smallest absolute Gasteiger partial charge is 0.263 e. The van der Waals surface area contributed by atoms with E-state index >= 15 is 0 Å². The van der Waals surface area contributed by atoms with Crippen LogP contribution in [0.4, 0.5) is 4.39 Å². The highest BCUT2D eigenvalue weighted by atomic mass is 32.2. The van der Waals surface area contributed by atoms with Gasteiger partial charge in [-0.05, 0) is 30.9 Å². The van der Waals surface area contributed by atoms with E-state index in [0.29, 0.717) is 25.6 Å². The minimum Gasteiger partial charge on any atom is -0.384 e. The summed E-state index contributed by atoms with van der Waals surface area (Å²) in [5.74, 6) is -0.438. The third kappa shape index (κ3) is 3.10. The van der Waals surface area contributed by atoms with Crippen molar-refractivity contribution in [2.45, 2.75) is 17.9 Å². The third-order valence-electron chi connectivity index (χ3n) is 3.28. The molecule has 2 rings (SSSR count). The number of hydrogen-bond acceptors (Lipinski definition) is 4. The van der Waals surface area contributed by atoms with E-state index in [1.807, 2.05) is 0 Å². The van der Waals surface area contributed by atoms with E-state index < -0.39 is 20.9 Å². The van der Waals surface area contributed by atoms with E-state index in [9.17, 15) is 12.8 Å². The Bertz CT molecular complexity index is 528. The Morgan fingerprint density at radius 3 is 2.74 bits per heavy atom. The lowest BCUT2D eigenvalue weighted by atomic mass is 9.99. The van der Waals surface area contributed by atoms with Crippen molar-refractivity contribution in [3.63, 3.8) is 0 Å². The zero-order valence-corrected chi connectivity index (χ0v) is 11.6. The average molecular weight is 288 g/mol. The van der Waals surface area contributed by atoms with Gasteiger partial charge >= 0.3 is 0 Å². The first kappa shape index (κ1) is 14.4. The fourth-order valence-electron chi connectivity index (χ4n) is 2.24. The first-order valence-corrected chi connectivity index (χ1v) is 7.59. The molecule has 1 saturated heterocycles. The molecule has 0 aromatic carbocycles. The van der Waals surface area contributed by atoms with Crippen molar-refractivity contribution in [1.82, 2.24) is 9.29 Å². The number of methoxy groups -OCH3 is 1. The summed E-state index contributed by atoms with van der Waals surface area (Å²) in [6.45, 7) is 1.39. The molecule has 106 valence electrons. The number of sulfonamides is 1. The number of aromatic nitrogens is 1. The quantitative estimate of drug-likeness (QED) is 0.837. The number of rotatable bonds is 4. The molecule has 5 nitrogen and oxygen atoms in total. The van der Waals surface area contributed by atoms with Crippen LogP contribution in [0.2, 0.25) is 0 Å². The van der Waals surface area contributed by atoms with Gasteiger partial charge in [-0.25, -0.2) is 17.8 Å². The third-order valence-corrected chi connectivity index (χ3v) is 5.12. The van der Waals surface area contributed by atoms with Crippen molar-refractivity contribution in [2.24, 2.45) is 5.92 Å². The molecule has 1 aliphatic rings. The van der Waals surface area contributed by atoms with Gasteiger partial charge in [0.2, 0.25) is 5.03 Å². The molecule has 0 spiro atoms. The molecule has 1 fully saturated rings. The van der Waals surface area contributed by atoms with Crippen molar-refractivity contribution in [2.75, 3.05) is 26.8 Å². The maximum absolute atomic E-state index is 13.5. The van der Waals surface area contributed by atoms with Crippen LogP contribution in [0.1, 0.15) is 12.8 Å². The second-order valence-corrected chi connectivity index (χ2v) is 6.45. The van der Waals surface area contributed by atoms with Gasteiger partial charge in [-0.3, -0.25) is 0 Å². The zero-order chi connectivity index (χ0) is 13.9. The van der Waals surface area contributed by atoms with Crippen LogP contribution in [-0.2, 0) is 14.8 Å². The second-order valence-electron chi connectivity index (χ2n) is 4.59. The summed E-state index contributed by atoms with van der Waals surface area (Å²) in [6, 6.07) is 2.48. The fourth-order valence-corrected chi connectivity index (χ4v) is 3.68. The lowest BCUT2D eigenvalue weighted by molar-refractivity contribution is 0.121. The summed E-state index contributed by atoms with van der Waals surface area (Å²) in [4.78, 5) is 3.65. The zero-order valence-electron chi connectivity index (χ0n) is 10.8. The standard InChI is InChI=1S/C12H17FN2O3S/c1-18-9-10-4-7-15(8-5-10)19(16,17)12-11(13)3-2-6-14-12/h2-3,6,10H,4-5,7-9H2,1H3. The molecule has 19 heavy (non-hydrogen) atoms. The minimum absolute atomic E-state index is 0.366. The van der Waals surface area contributed by atoms with E-state index in [0.717, 1.165) is 18.9 Å². The number of piperidine rings is 1. The van der Waals surface area contributed by atoms with Crippen LogP contribution in [0.25, 0.3) is 0 Å². The maximum atomic E-state index is 13.5. The summed E-state index contributed by atoms with van der Waals surface area (Å²) in [5.41, 5.74) is 0. The predicted molar refractivity (Wildman–Crippen MR) is 67.6 cm³/mol. The van der Waals surface area contributed by atoms with Crippen molar-refractivity contribution in [3.05, 3.63) is 24.1 Å². The van der Waals surface area contributed by atoms with Crippen LogP contribution in [0.3, 0.4) is 0 Å². The molecule has 1 aromatic rings. The second kappa shape index (κ2) is 5.94. The molecule has 2 heterocycles. The first-order chi connectivity index (χ1) is 9.05. The van der Waals surface area contributed by atoms with Crippen LogP contribution in [0, 0.1) is 11.7 Å². The Morgan fingerprint density at radius 1 is 1.47 bits per heavy atom. The molecule has 0 bridgehead atoms. The van der Waals surface area contributed by atoms with Gasteiger partial charge in [0.1, 0.15) is 0 Å². The van der Waals surface area contributed by atoms with Gasteiger partial charge in [0, 0.05) is 33.0 Å². The highest BCUT2D eigenvalue weighted by Gasteiger charge is 2.32. The summed E-state index contributed by atoms with van der Waals surface area (Å²) >= 11 is 0. The molecule has 0 aliphatic carbocycles. The molecule has 0 radical (unpaired) electrons. The van der Waals surface area contributed by atoms with Crippen LogP contribution >= 0.6 is 0 Å². The molecule has 0 saturated carbocycles. The summed E-state index contributed by atoms with van der Waals surface area (Å²) < 4.78 is 44.4. The Hall–Kier alpha value is -1.05. The van der Waals surface area contributed by atoms with Gasteiger partial charge in [0.25, 0.3) is 10.0 Å². The summed E-state index contributed by atoms with van der Waals surface area (Å²) in [6.07, 6.45) is 2.73. The number of ether oxygens (including phenoxy) is 1. The van der Waals surface area contributed by atoms with E-state index in [-0.39, 0.29) is 0 Å². The largest absolute Gasteiger partial charge is 0.384 e. The average Bonchev–Trinajstić information content (AvgIpc) is 2.40. The molecule has 1 aliphatic heterocycles. The highest BCUT2D eigenvalue weighted by molar-refractivity contribution is 7.89. The lowest BCUT2D eigenvalue weighted by Crippen LogP contribution is -2.39. The van der Waals surface area contributed by atoms with Crippen LogP contribution in [-0.4, -0.2) is 44.5 Å². The molecule has 0 atom stereocenters. The van der Waals surface area contributed by atoms with Crippen LogP contribution in [0.15, 0.2) is 23.4 Å². The summed E-state index contributed by atoms with van der Waals surface area (Å²) in [7, 11) is -2.19. The molecule has 0 amide bonds. The maximum Gasteiger partial charge on any atom is 0.263 e. The van der Waals surface area contributed by atoms with E-state index in [4.69, 9.17) is 4.74 Å². The topological polar surface area (TPSA) is 59.5 Å². The van der Waals surface area contributed by atoms with Gasteiger partial charge in [0.15, 0.2) is 5.82 Å². The Morgan fingerprint density at radius 2 is 2.16 bits per heavy atom. The van der Waals surface area contributed by atoms with Crippen molar-refractivity contribution in [1.29, 1.82) is 0 Å². The van der Waals surface area contributed by atoms with Crippen molar-refractivity contribution in [3.8, 4) is 0 Å². The predicted octanol–water partition coefficient (Wildman–Crippen LogP) is 1.27. The Balaban J connectivity index is 2.12. The van der Waals surface area contributed by atoms with Gasteiger partial charge in [0.05, 0.1) is 0 Å². The van der Waals surface area contributed by atoms with Gasteiger partial charge in [-0.1, -0.05) is 0 Å². The highest BCUT2D eigenvalue weighted by Crippen LogP contribution is 2.24. The Labute approximate surface area is 112 Å². The fraction of sp³-hybridized carbons (Fsp3) is 0.583. The van der Waals surface area contributed by atoms with E-state index in [1.54, 1.807) is 7.11 Å². The molecular weight excluding hydrogens is 271 g/mol.